The van der Waals surface area contributed by atoms with E-state index in [1.807, 2.05) is 25.1 Å². The standard InChI is InChI=1S/C16H18N2O2S/c1-11-14(17)9-6-10-15(11)21(20)12(2)16(19)18-13-7-4-3-5-8-13/h3-10,12H,17H2,1-2H3,(H,18,19). The lowest BCUT2D eigenvalue weighted by molar-refractivity contribution is -0.115. The minimum atomic E-state index is -1.45. The van der Waals surface area contributed by atoms with Crippen molar-refractivity contribution in [1.29, 1.82) is 0 Å². The Morgan fingerprint density at radius 1 is 1.14 bits per heavy atom. The maximum atomic E-state index is 12.5. The first kappa shape index (κ1) is 15.3. The van der Waals surface area contributed by atoms with Gasteiger partial charge < -0.3 is 11.1 Å². The molecule has 0 spiro atoms. The SMILES string of the molecule is Cc1c(N)cccc1S(=O)C(C)C(=O)Nc1ccccc1. The Hall–Kier alpha value is -2.14. The molecule has 2 unspecified atom stereocenters. The number of rotatable bonds is 4. The van der Waals surface area contributed by atoms with Gasteiger partial charge >= 0.3 is 0 Å². The highest BCUT2D eigenvalue weighted by Crippen LogP contribution is 2.22. The Balaban J connectivity index is 2.15. The van der Waals surface area contributed by atoms with E-state index in [9.17, 15) is 9.00 Å². The molecule has 4 nitrogen and oxygen atoms in total. The highest BCUT2D eigenvalue weighted by Gasteiger charge is 2.23. The average molecular weight is 302 g/mol. The van der Waals surface area contributed by atoms with Crippen molar-refractivity contribution in [3.63, 3.8) is 0 Å². The molecule has 110 valence electrons. The number of nitrogens with one attached hydrogen (secondary N) is 1. The third kappa shape index (κ3) is 3.49. The summed E-state index contributed by atoms with van der Waals surface area (Å²) in [5.74, 6) is -0.277. The van der Waals surface area contributed by atoms with Crippen LogP contribution in [0.1, 0.15) is 12.5 Å². The molecule has 0 heterocycles. The van der Waals surface area contributed by atoms with Crippen LogP contribution >= 0.6 is 0 Å². The Morgan fingerprint density at radius 3 is 2.48 bits per heavy atom. The Labute approximate surface area is 126 Å². The fraction of sp³-hybridized carbons (Fsp3) is 0.188. The van der Waals surface area contributed by atoms with E-state index in [0.29, 0.717) is 16.3 Å². The minimum absolute atomic E-state index is 0.277. The average Bonchev–Trinajstić information content (AvgIpc) is 2.49. The molecule has 0 aromatic heterocycles. The summed E-state index contributed by atoms with van der Waals surface area (Å²) in [5, 5.41) is 2.10. The maximum Gasteiger partial charge on any atom is 0.240 e. The van der Waals surface area contributed by atoms with Crippen LogP contribution in [0.2, 0.25) is 0 Å². The van der Waals surface area contributed by atoms with Gasteiger partial charge in [-0.2, -0.15) is 0 Å². The topological polar surface area (TPSA) is 72.2 Å². The molecule has 0 radical (unpaired) electrons. The van der Waals surface area contributed by atoms with E-state index >= 15 is 0 Å². The monoisotopic (exact) mass is 302 g/mol. The summed E-state index contributed by atoms with van der Waals surface area (Å²) in [7, 11) is -1.45. The van der Waals surface area contributed by atoms with Crippen LogP contribution in [-0.4, -0.2) is 15.4 Å². The summed E-state index contributed by atoms with van der Waals surface area (Å²) in [6, 6.07) is 14.4. The summed E-state index contributed by atoms with van der Waals surface area (Å²) in [6.45, 7) is 3.46. The van der Waals surface area contributed by atoms with Crippen LogP contribution in [0, 0.1) is 6.92 Å². The molecule has 0 aliphatic rings. The zero-order valence-corrected chi connectivity index (χ0v) is 12.8. The minimum Gasteiger partial charge on any atom is -0.398 e. The predicted molar refractivity (Wildman–Crippen MR) is 86.5 cm³/mol. The molecule has 2 aromatic carbocycles. The number of anilines is 2. The maximum absolute atomic E-state index is 12.5. The molecule has 21 heavy (non-hydrogen) atoms. The molecule has 1 amide bonds. The van der Waals surface area contributed by atoms with Crippen LogP contribution in [0.3, 0.4) is 0 Å². The van der Waals surface area contributed by atoms with Gasteiger partial charge in [0.1, 0.15) is 5.25 Å². The number of amides is 1. The molecule has 0 fully saturated rings. The van der Waals surface area contributed by atoms with Crippen molar-refractivity contribution in [3.05, 3.63) is 54.1 Å². The molecule has 2 aromatic rings. The molecule has 0 aliphatic heterocycles. The number of benzene rings is 2. The lowest BCUT2D eigenvalue weighted by Crippen LogP contribution is -2.29. The number of nitrogens with two attached hydrogens (primary N) is 1. The van der Waals surface area contributed by atoms with E-state index in [2.05, 4.69) is 5.32 Å². The lowest BCUT2D eigenvalue weighted by atomic mass is 10.2. The highest BCUT2D eigenvalue weighted by molar-refractivity contribution is 7.86. The fourth-order valence-corrected chi connectivity index (χ4v) is 3.17. The predicted octanol–water partition coefficient (Wildman–Crippen LogP) is 2.71. The van der Waals surface area contributed by atoms with Gasteiger partial charge in [0.25, 0.3) is 0 Å². The smallest absolute Gasteiger partial charge is 0.240 e. The van der Waals surface area contributed by atoms with Crippen LogP contribution in [0.15, 0.2) is 53.4 Å². The van der Waals surface area contributed by atoms with Gasteiger partial charge in [0.15, 0.2) is 0 Å². The van der Waals surface area contributed by atoms with E-state index in [0.717, 1.165) is 5.56 Å². The van der Waals surface area contributed by atoms with Gasteiger partial charge in [-0.1, -0.05) is 24.3 Å². The van der Waals surface area contributed by atoms with Gasteiger partial charge in [-0.05, 0) is 43.7 Å². The molecule has 0 bridgehead atoms. The van der Waals surface area contributed by atoms with Crippen molar-refractivity contribution in [1.82, 2.24) is 0 Å². The lowest BCUT2D eigenvalue weighted by Gasteiger charge is -2.14. The van der Waals surface area contributed by atoms with Crippen LogP contribution in [0.25, 0.3) is 0 Å². The first-order valence-corrected chi connectivity index (χ1v) is 7.83. The molecule has 3 N–H and O–H groups in total. The highest BCUT2D eigenvalue weighted by atomic mass is 32.2. The van der Waals surface area contributed by atoms with Crippen molar-refractivity contribution < 1.29 is 9.00 Å². The summed E-state index contributed by atoms with van der Waals surface area (Å²) in [6.07, 6.45) is 0. The van der Waals surface area contributed by atoms with Gasteiger partial charge in [0, 0.05) is 16.3 Å². The van der Waals surface area contributed by atoms with E-state index in [1.54, 1.807) is 37.3 Å². The van der Waals surface area contributed by atoms with Gasteiger partial charge in [0.05, 0.1) is 10.8 Å². The van der Waals surface area contributed by atoms with Gasteiger partial charge in [-0.15, -0.1) is 0 Å². The second-order valence-electron chi connectivity index (χ2n) is 4.77. The molecular weight excluding hydrogens is 284 g/mol. The van der Waals surface area contributed by atoms with Crippen LogP contribution in [-0.2, 0) is 15.6 Å². The molecule has 0 saturated heterocycles. The Kier molecular flexibility index (Phi) is 4.75. The van der Waals surface area contributed by atoms with Crippen LogP contribution in [0.5, 0.6) is 0 Å². The second-order valence-corrected chi connectivity index (χ2v) is 6.51. The van der Waals surface area contributed by atoms with Crippen molar-refractivity contribution in [3.8, 4) is 0 Å². The van der Waals surface area contributed by atoms with Crippen molar-refractivity contribution >= 4 is 28.1 Å². The molecule has 2 atom stereocenters. The zero-order valence-electron chi connectivity index (χ0n) is 12.0. The van der Waals surface area contributed by atoms with Crippen LogP contribution in [0.4, 0.5) is 11.4 Å². The van der Waals surface area contributed by atoms with E-state index < -0.39 is 16.0 Å². The summed E-state index contributed by atoms with van der Waals surface area (Å²) in [5.41, 5.74) is 7.85. The Bertz CT molecular complexity index is 671. The number of para-hydroxylation sites is 1. The van der Waals surface area contributed by atoms with E-state index in [1.165, 1.54) is 0 Å². The van der Waals surface area contributed by atoms with E-state index in [-0.39, 0.29) is 5.91 Å². The quantitative estimate of drug-likeness (QED) is 0.853. The zero-order chi connectivity index (χ0) is 15.4. The third-order valence-electron chi connectivity index (χ3n) is 3.27. The first-order valence-electron chi connectivity index (χ1n) is 6.62. The largest absolute Gasteiger partial charge is 0.398 e. The fourth-order valence-electron chi connectivity index (χ4n) is 1.90. The molecule has 5 heteroatoms. The number of carbonyl (C=O) groups is 1. The number of carbonyl (C=O) groups excluding carboxylic acids is 1. The Morgan fingerprint density at radius 2 is 1.81 bits per heavy atom. The van der Waals surface area contributed by atoms with Gasteiger partial charge in [0.2, 0.25) is 5.91 Å². The summed E-state index contributed by atoms with van der Waals surface area (Å²) in [4.78, 5) is 12.8. The molecule has 2 rings (SSSR count). The second kappa shape index (κ2) is 6.54. The van der Waals surface area contributed by atoms with Crippen molar-refractivity contribution in [2.24, 2.45) is 0 Å². The number of hydrogen-bond acceptors (Lipinski definition) is 3. The van der Waals surface area contributed by atoms with Crippen molar-refractivity contribution in [2.45, 2.75) is 24.0 Å². The van der Waals surface area contributed by atoms with Crippen LogP contribution < -0.4 is 11.1 Å². The van der Waals surface area contributed by atoms with Crippen molar-refractivity contribution in [2.75, 3.05) is 11.1 Å². The summed E-state index contributed by atoms with van der Waals surface area (Å²) >= 11 is 0. The van der Waals surface area contributed by atoms with E-state index in [4.69, 9.17) is 5.73 Å². The normalized spacial score (nSPS) is 13.4. The first-order chi connectivity index (χ1) is 10.0. The molecule has 0 aliphatic carbocycles. The van der Waals surface area contributed by atoms with Gasteiger partial charge in [-0.25, -0.2) is 0 Å². The third-order valence-corrected chi connectivity index (χ3v) is 5.01. The summed E-state index contributed by atoms with van der Waals surface area (Å²) < 4.78 is 12.5. The number of hydrogen-bond donors (Lipinski definition) is 2. The number of nitrogen functional groups attached to an aromatic ring is 1. The van der Waals surface area contributed by atoms with Gasteiger partial charge in [-0.3, -0.25) is 9.00 Å². The molecular formula is C16H18N2O2S. The molecule has 0 saturated carbocycles.